The number of halogens is 1. The number of carbonyl (C=O) groups is 1. The molecular formula is C15H24ClN3O2. The van der Waals surface area contributed by atoms with E-state index in [-0.39, 0.29) is 18.3 Å². The topological polar surface area (TPSA) is 58.4 Å². The normalized spacial score (nSPS) is 19.4. The Morgan fingerprint density at radius 1 is 1.29 bits per heavy atom. The van der Waals surface area contributed by atoms with Crippen molar-refractivity contribution >= 4 is 18.3 Å². The summed E-state index contributed by atoms with van der Waals surface area (Å²) in [6, 6.07) is 0.567. The van der Waals surface area contributed by atoms with E-state index in [1.807, 2.05) is 11.8 Å². The van der Waals surface area contributed by atoms with Crippen molar-refractivity contribution in [2.45, 2.75) is 45.6 Å². The molecule has 0 spiro atoms. The molecule has 3 rings (SSSR count). The fraction of sp³-hybridized carbons (Fsp3) is 0.733. The predicted octanol–water partition coefficient (Wildman–Crippen LogP) is 2.32. The number of oxazole rings is 1. The Labute approximate surface area is 131 Å². The van der Waals surface area contributed by atoms with Crippen LogP contribution < -0.4 is 5.32 Å². The van der Waals surface area contributed by atoms with Gasteiger partial charge in [0.25, 0.3) is 5.91 Å². The van der Waals surface area contributed by atoms with Crippen LogP contribution in [0.3, 0.4) is 0 Å². The number of amides is 1. The van der Waals surface area contributed by atoms with E-state index >= 15 is 0 Å². The summed E-state index contributed by atoms with van der Waals surface area (Å²) < 4.78 is 5.43. The van der Waals surface area contributed by atoms with Crippen molar-refractivity contribution in [3.05, 3.63) is 17.3 Å². The van der Waals surface area contributed by atoms with Gasteiger partial charge in [0.2, 0.25) is 5.76 Å². The van der Waals surface area contributed by atoms with Crippen LogP contribution in [-0.4, -0.2) is 41.5 Å². The minimum absolute atomic E-state index is 0. The summed E-state index contributed by atoms with van der Waals surface area (Å²) in [5.41, 5.74) is 0.696. The third-order valence-corrected chi connectivity index (χ3v) is 4.27. The highest BCUT2D eigenvalue weighted by molar-refractivity contribution is 5.92. The molecule has 1 saturated heterocycles. The van der Waals surface area contributed by atoms with Crippen LogP contribution in [0.4, 0.5) is 0 Å². The molecule has 1 amide bonds. The second kappa shape index (κ2) is 6.79. The number of likely N-dealkylation sites (tertiary alicyclic amines) is 1. The van der Waals surface area contributed by atoms with Gasteiger partial charge in [0.05, 0.1) is 5.69 Å². The molecule has 21 heavy (non-hydrogen) atoms. The van der Waals surface area contributed by atoms with Gasteiger partial charge < -0.3 is 14.6 Å². The number of nitrogens with one attached hydrogen (secondary N) is 1. The van der Waals surface area contributed by atoms with E-state index < -0.39 is 0 Å². The zero-order chi connectivity index (χ0) is 14.1. The molecule has 0 unspecified atom stereocenters. The summed E-state index contributed by atoms with van der Waals surface area (Å²) in [5.74, 6) is 1.87. The summed E-state index contributed by atoms with van der Waals surface area (Å²) in [5, 5.41) is 3.62. The average molecular weight is 314 g/mol. The Morgan fingerprint density at radius 3 is 2.48 bits per heavy atom. The third-order valence-electron chi connectivity index (χ3n) is 4.27. The molecule has 118 valence electrons. The van der Waals surface area contributed by atoms with E-state index in [1.165, 1.54) is 12.8 Å². The smallest absolute Gasteiger partial charge is 0.291 e. The van der Waals surface area contributed by atoms with Gasteiger partial charge in [-0.1, -0.05) is 0 Å². The van der Waals surface area contributed by atoms with Crippen LogP contribution in [0.15, 0.2) is 4.42 Å². The lowest BCUT2D eigenvalue weighted by Crippen LogP contribution is -2.45. The maximum atomic E-state index is 12.4. The van der Waals surface area contributed by atoms with Gasteiger partial charge in [0.15, 0.2) is 5.89 Å². The van der Waals surface area contributed by atoms with Gasteiger partial charge in [-0.15, -0.1) is 12.4 Å². The Hall–Kier alpha value is -1.07. The number of piperidine rings is 1. The van der Waals surface area contributed by atoms with Crippen molar-refractivity contribution < 1.29 is 9.21 Å². The monoisotopic (exact) mass is 313 g/mol. The van der Waals surface area contributed by atoms with Crippen LogP contribution in [0.25, 0.3) is 0 Å². The molecule has 1 aromatic heterocycles. The molecule has 2 fully saturated rings. The number of carbonyl (C=O) groups excluding carboxylic acids is 1. The first-order chi connectivity index (χ1) is 9.63. The van der Waals surface area contributed by atoms with Gasteiger partial charge in [-0.25, -0.2) is 4.98 Å². The first-order valence-electron chi connectivity index (χ1n) is 7.60. The van der Waals surface area contributed by atoms with Crippen molar-refractivity contribution in [2.75, 3.05) is 19.6 Å². The second-order valence-corrected chi connectivity index (χ2v) is 6.07. The number of hydrogen-bond donors (Lipinski definition) is 1. The highest BCUT2D eigenvalue weighted by Gasteiger charge is 2.28. The van der Waals surface area contributed by atoms with Crippen LogP contribution in [0, 0.1) is 19.8 Å². The number of aromatic nitrogens is 1. The quantitative estimate of drug-likeness (QED) is 0.927. The van der Waals surface area contributed by atoms with Crippen LogP contribution in [0.1, 0.15) is 47.8 Å². The van der Waals surface area contributed by atoms with E-state index in [4.69, 9.17) is 4.42 Å². The van der Waals surface area contributed by atoms with E-state index in [1.54, 1.807) is 6.92 Å². The number of nitrogens with zero attached hydrogens (tertiary/aromatic N) is 2. The standard InChI is InChI=1S/C15H23N3O2.ClH/c1-10-14(20-11(2)17-10)15(19)18-7-5-13(6-8-18)16-9-12-3-4-12;/h12-13,16H,3-9H2,1-2H3;1H. The van der Waals surface area contributed by atoms with Gasteiger partial charge >= 0.3 is 0 Å². The number of rotatable bonds is 4. The molecule has 5 nitrogen and oxygen atoms in total. The van der Waals surface area contributed by atoms with E-state index in [9.17, 15) is 4.79 Å². The Kier molecular flexibility index (Phi) is 5.27. The van der Waals surface area contributed by atoms with Gasteiger partial charge in [-0.05, 0) is 45.1 Å². The summed E-state index contributed by atoms with van der Waals surface area (Å²) in [6.45, 7) is 6.37. The molecule has 1 aliphatic carbocycles. The maximum Gasteiger partial charge on any atom is 0.291 e. The van der Waals surface area contributed by atoms with Gasteiger partial charge in [0.1, 0.15) is 0 Å². The lowest BCUT2D eigenvalue weighted by molar-refractivity contribution is 0.0670. The Morgan fingerprint density at radius 2 is 1.95 bits per heavy atom. The van der Waals surface area contributed by atoms with Crippen LogP contribution in [-0.2, 0) is 0 Å². The lowest BCUT2D eigenvalue weighted by atomic mass is 10.0. The van der Waals surface area contributed by atoms with Crippen molar-refractivity contribution in [2.24, 2.45) is 5.92 Å². The first kappa shape index (κ1) is 16.3. The molecule has 1 saturated carbocycles. The predicted molar refractivity (Wildman–Crippen MR) is 82.9 cm³/mol. The minimum Gasteiger partial charge on any atom is -0.436 e. The minimum atomic E-state index is -0.0104. The van der Waals surface area contributed by atoms with E-state index in [0.29, 0.717) is 23.4 Å². The number of aryl methyl sites for hydroxylation is 2. The summed E-state index contributed by atoms with van der Waals surface area (Å²) in [7, 11) is 0. The molecule has 1 N–H and O–H groups in total. The number of hydrogen-bond acceptors (Lipinski definition) is 4. The van der Waals surface area contributed by atoms with Gasteiger partial charge in [0, 0.05) is 26.1 Å². The molecule has 1 aromatic rings. The second-order valence-electron chi connectivity index (χ2n) is 6.07. The van der Waals surface area contributed by atoms with Crippen molar-refractivity contribution in [3.8, 4) is 0 Å². The summed E-state index contributed by atoms with van der Waals surface area (Å²) >= 11 is 0. The molecule has 0 radical (unpaired) electrons. The fourth-order valence-electron chi connectivity index (χ4n) is 2.82. The first-order valence-corrected chi connectivity index (χ1v) is 7.60. The zero-order valence-corrected chi connectivity index (χ0v) is 13.5. The lowest BCUT2D eigenvalue weighted by Gasteiger charge is -2.32. The van der Waals surface area contributed by atoms with Crippen molar-refractivity contribution in [1.82, 2.24) is 15.2 Å². The van der Waals surface area contributed by atoms with E-state index in [2.05, 4.69) is 10.3 Å². The highest BCUT2D eigenvalue weighted by atomic mass is 35.5. The molecule has 0 atom stereocenters. The van der Waals surface area contributed by atoms with Crippen LogP contribution in [0.5, 0.6) is 0 Å². The van der Waals surface area contributed by atoms with E-state index in [0.717, 1.165) is 38.4 Å². The zero-order valence-electron chi connectivity index (χ0n) is 12.7. The van der Waals surface area contributed by atoms with Crippen molar-refractivity contribution in [1.29, 1.82) is 0 Å². The molecule has 6 heteroatoms. The SMILES string of the molecule is Cc1nc(C)c(C(=O)N2CCC(NCC3CC3)CC2)o1.Cl. The Balaban J connectivity index is 0.00000161. The average Bonchev–Trinajstić information content (AvgIpc) is 3.21. The van der Waals surface area contributed by atoms with Gasteiger partial charge in [-0.3, -0.25) is 4.79 Å². The molecule has 0 aromatic carbocycles. The van der Waals surface area contributed by atoms with Crippen molar-refractivity contribution in [3.63, 3.8) is 0 Å². The summed E-state index contributed by atoms with van der Waals surface area (Å²) in [6.07, 6.45) is 4.83. The Bertz CT molecular complexity index is 491. The maximum absolute atomic E-state index is 12.4. The van der Waals surface area contributed by atoms with Crippen LogP contribution >= 0.6 is 12.4 Å². The molecule has 1 aliphatic heterocycles. The highest BCUT2D eigenvalue weighted by Crippen LogP contribution is 2.28. The molecule has 0 bridgehead atoms. The molecule has 2 aliphatic rings. The third kappa shape index (κ3) is 3.98. The molecule has 2 heterocycles. The summed E-state index contributed by atoms with van der Waals surface area (Å²) in [4.78, 5) is 18.5. The van der Waals surface area contributed by atoms with Gasteiger partial charge in [-0.2, -0.15) is 0 Å². The largest absolute Gasteiger partial charge is 0.436 e. The fourth-order valence-corrected chi connectivity index (χ4v) is 2.82. The molecular weight excluding hydrogens is 290 g/mol. The van der Waals surface area contributed by atoms with Crippen LogP contribution in [0.2, 0.25) is 0 Å².